The van der Waals surface area contributed by atoms with Gasteiger partial charge in [0.2, 0.25) is 0 Å². The molecule has 0 aliphatic rings. The Morgan fingerprint density at radius 3 is 2.82 bits per heavy atom. The minimum Gasteiger partial charge on any atom is -0.384 e. The Morgan fingerprint density at radius 1 is 1.47 bits per heavy atom. The van der Waals surface area contributed by atoms with Gasteiger partial charge in [-0.25, -0.2) is 9.97 Å². The molecule has 2 rings (SSSR count). The molecular weight excluding hydrogens is 252 g/mol. The third-order valence-corrected chi connectivity index (χ3v) is 4.05. The second-order valence-electron chi connectivity index (χ2n) is 3.57. The number of nitrogens with one attached hydrogen (secondary N) is 1. The van der Waals surface area contributed by atoms with Crippen molar-refractivity contribution in [2.24, 2.45) is 5.73 Å². The Balaban J connectivity index is 2.47. The van der Waals surface area contributed by atoms with Gasteiger partial charge in [-0.05, 0) is 37.2 Å². The fourth-order valence-corrected chi connectivity index (χ4v) is 3.34. The van der Waals surface area contributed by atoms with Gasteiger partial charge in [0.1, 0.15) is 10.9 Å². The van der Waals surface area contributed by atoms with Gasteiger partial charge in [-0.2, -0.15) is 0 Å². The summed E-state index contributed by atoms with van der Waals surface area (Å²) in [6.07, 6.45) is 1.75. The number of hydrogen-bond acceptors (Lipinski definition) is 5. The molecule has 88 valence electrons. The topological polar surface area (TPSA) is 75.7 Å². The standard InChI is InChI=1S/C11H12N4S2/c1-6-5-7(2)15-10(8(6)9(12)13)17-11-14-3-4-16-11/h3-5H,1-2H3,(H3,12,13). The van der Waals surface area contributed by atoms with Crippen molar-refractivity contribution in [2.75, 3.05) is 0 Å². The molecule has 2 aromatic heterocycles. The molecule has 0 spiro atoms. The lowest BCUT2D eigenvalue weighted by Gasteiger charge is -2.10. The van der Waals surface area contributed by atoms with Crippen LogP contribution in [0.4, 0.5) is 0 Å². The normalized spacial score (nSPS) is 10.5. The van der Waals surface area contributed by atoms with Crippen LogP contribution in [0.2, 0.25) is 0 Å². The Labute approximate surface area is 108 Å². The molecule has 17 heavy (non-hydrogen) atoms. The Morgan fingerprint density at radius 2 is 2.24 bits per heavy atom. The third kappa shape index (κ3) is 2.65. The van der Waals surface area contributed by atoms with E-state index in [1.807, 2.05) is 25.3 Å². The molecule has 0 saturated carbocycles. The van der Waals surface area contributed by atoms with Gasteiger partial charge < -0.3 is 5.73 Å². The van der Waals surface area contributed by atoms with Crippen LogP contribution in [-0.4, -0.2) is 15.8 Å². The van der Waals surface area contributed by atoms with Crippen LogP contribution < -0.4 is 5.73 Å². The van der Waals surface area contributed by atoms with E-state index in [2.05, 4.69) is 9.97 Å². The van der Waals surface area contributed by atoms with E-state index in [1.54, 1.807) is 17.5 Å². The van der Waals surface area contributed by atoms with E-state index >= 15 is 0 Å². The summed E-state index contributed by atoms with van der Waals surface area (Å²) < 4.78 is 0.907. The number of nitrogens with two attached hydrogens (primary N) is 1. The van der Waals surface area contributed by atoms with Gasteiger partial charge in [0.15, 0.2) is 4.34 Å². The molecule has 0 aromatic carbocycles. The Bertz CT molecular complexity index is 549. The van der Waals surface area contributed by atoms with Crippen LogP contribution in [-0.2, 0) is 0 Å². The molecule has 4 nitrogen and oxygen atoms in total. The molecule has 0 radical (unpaired) electrons. The first-order valence-electron chi connectivity index (χ1n) is 4.98. The van der Waals surface area contributed by atoms with E-state index in [1.165, 1.54) is 11.8 Å². The van der Waals surface area contributed by atoms with Gasteiger partial charge >= 0.3 is 0 Å². The van der Waals surface area contributed by atoms with Gasteiger partial charge in [0.25, 0.3) is 0 Å². The van der Waals surface area contributed by atoms with Crippen molar-refractivity contribution >= 4 is 28.9 Å². The number of aromatic nitrogens is 2. The number of nitrogen functional groups attached to an aromatic ring is 1. The number of amidine groups is 1. The molecule has 0 fully saturated rings. The zero-order valence-corrected chi connectivity index (χ0v) is 11.2. The number of nitrogens with zero attached hydrogens (tertiary/aromatic N) is 2. The molecule has 3 N–H and O–H groups in total. The lowest BCUT2D eigenvalue weighted by Crippen LogP contribution is -2.15. The number of thiazole rings is 1. The molecular formula is C11H12N4S2. The van der Waals surface area contributed by atoms with Crippen molar-refractivity contribution in [2.45, 2.75) is 23.2 Å². The lowest BCUT2D eigenvalue weighted by molar-refractivity contribution is 1.03. The van der Waals surface area contributed by atoms with Gasteiger partial charge in [-0.1, -0.05) is 0 Å². The van der Waals surface area contributed by atoms with Crippen LogP contribution in [0.15, 0.2) is 27.0 Å². The predicted molar refractivity (Wildman–Crippen MR) is 71.0 cm³/mol. The fraction of sp³-hybridized carbons (Fsp3) is 0.182. The molecule has 0 unspecified atom stereocenters. The average Bonchev–Trinajstić information content (AvgIpc) is 2.68. The van der Waals surface area contributed by atoms with Crippen molar-refractivity contribution < 1.29 is 0 Å². The zero-order valence-electron chi connectivity index (χ0n) is 9.52. The molecule has 0 aliphatic heterocycles. The van der Waals surface area contributed by atoms with Gasteiger partial charge in [-0.3, -0.25) is 5.41 Å². The maximum Gasteiger partial charge on any atom is 0.156 e. The Kier molecular flexibility index (Phi) is 3.44. The van der Waals surface area contributed by atoms with E-state index in [4.69, 9.17) is 11.1 Å². The van der Waals surface area contributed by atoms with Crippen LogP contribution in [0, 0.1) is 19.3 Å². The summed E-state index contributed by atoms with van der Waals surface area (Å²) in [6, 6.07) is 1.93. The number of pyridine rings is 1. The van der Waals surface area contributed by atoms with E-state index in [-0.39, 0.29) is 5.84 Å². The number of aryl methyl sites for hydroxylation is 2. The van der Waals surface area contributed by atoms with E-state index in [0.717, 1.165) is 20.6 Å². The van der Waals surface area contributed by atoms with Gasteiger partial charge in [0.05, 0.1) is 5.56 Å². The monoisotopic (exact) mass is 264 g/mol. The van der Waals surface area contributed by atoms with Crippen LogP contribution in [0.1, 0.15) is 16.8 Å². The summed E-state index contributed by atoms with van der Waals surface area (Å²) in [6.45, 7) is 3.88. The molecule has 2 heterocycles. The highest BCUT2D eigenvalue weighted by Crippen LogP contribution is 2.31. The Hall–Kier alpha value is -1.40. The summed E-state index contributed by atoms with van der Waals surface area (Å²) in [7, 11) is 0. The van der Waals surface area contributed by atoms with Crippen LogP contribution in [0.5, 0.6) is 0 Å². The smallest absolute Gasteiger partial charge is 0.156 e. The second kappa shape index (κ2) is 4.85. The largest absolute Gasteiger partial charge is 0.384 e. The summed E-state index contributed by atoms with van der Waals surface area (Å²) in [5.41, 5.74) is 8.21. The predicted octanol–water partition coefficient (Wildman–Crippen LogP) is 2.59. The number of hydrogen-bond donors (Lipinski definition) is 2. The van der Waals surface area contributed by atoms with Crippen molar-refractivity contribution in [3.05, 3.63) is 34.5 Å². The summed E-state index contributed by atoms with van der Waals surface area (Å²) in [5, 5.41) is 10.3. The minimum absolute atomic E-state index is 0.0501. The van der Waals surface area contributed by atoms with Crippen LogP contribution in [0.3, 0.4) is 0 Å². The quantitative estimate of drug-likeness (QED) is 0.660. The highest BCUT2D eigenvalue weighted by Gasteiger charge is 2.13. The fourth-order valence-electron chi connectivity index (χ4n) is 1.55. The van der Waals surface area contributed by atoms with Crippen molar-refractivity contribution in [1.82, 2.24) is 9.97 Å². The lowest BCUT2D eigenvalue weighted by atomic mass is 10.1. The summed E-state index contributed by atoms with van der Waals surface area (Å²) in [5.74, 6) is 0.0501. The first kappa shape index (κ1) is 12.1. The van der Waals surface area contributed by atoms with E-state index in [9.17, 15) is 0 Å². The van der Waals surface area contributed by atoms with Gasteiger partial charge in [-0.15, -0.1) is 11.3 Å². The zero-order chi connectivity index (χ0) is 12.4. The third-order valence-electron chi connectivity index (χ3n) is 2.17. The molecule has 6 heteroatoms. The minimum atomic E-state index is 0.0501. The highest BCUT2D eigenvalue weighted by molar-refractivity contribution is 8.01. The molecule has 2 aromatic rings. The first-order valence-corrected chi connectivity index (χ1v) is 6.67. The highest BCUT2D eigenvalue weighted by atomic mass is 32.2. The van der Waals surface area contributed by atoms with Crippen molar-refractivity contribution in [1.29, 1.82) is 5.41 Å². The molecule has 0 bridgehead atoms. The van der Waals surface area contributed by atoms with Crippen LogP contribution >= 0.6 is 23.1 Å². The SMILES string of the molecule is Cc1cc(C)c(C(=N)N)c(Sc2nccs2)n1. The first-order chi connectivity index (χ1) is 8.08. The summed E-state index contributed by atoms with van der Waals surface area (Å²) >= 11 is 3.00. The maximum absolute atomic E-state index is 7.62. The molecule has 0 amide bonds. The molecule has 0 saturated heterocycles. The summed E-state index contributed by atoms with van der Waals surface area (Å²) in [4.78, 5) is 8.64. The maximum atomic E-state index is 7.62. The van der Waals surface area contributed by atoms with E-state index in [0.29, 0.717) is 5.56 Å². The van der Waals surface area contributed by atoms with Crippen molar-refractivity contribution in [3.63, 3.8) is 0 Å². The number of rotatable bonds is 3. The molecule has 0 atom stereocenters. The van der Waals surface area contributed by atoms with Crippen LogP contribution in [0.25, 0.3) is 0 Å². The van der Waals surface area contributed by atoms with Gasteiger partial charge in [0, 0.05) is 17.3 Å². The average molecular weight is 264 g/mol. The van der Waals surface area contributed by atoms with E-state index < -0.39 is 0 Å². The second-order valence-corrected chi connectivity index (χ2v) is 5.70. The molecule has 0 aliphatic carbocycles. The van der Waals surface area contributed by atoms with Crippen molar-refractivity contribution in [3.8, 4) is 0 Å².